The van der Waals surface area contributed by atoms with Gasteiger partial charge in [-0.2, -0.15) is 0 Å². The minimum atomic E-state index is -0.200. The van der Waals surface area contributed by atoms with Crippen LogP contribution in [0.15, 0.2) is 41.3 Å². The van der Waals surface area contributed by atoms with Gasteiger partial charge in [-0.15, -0.1) is 0 Å². The molecule has 1 N–H and O–H groups in total. The summed E-state index contributed by atoms with van der Waals surface area (Å²) in [7, 11) is 0. The summed E-state index contributed by atoms with van der Waals surface area (Å²) < 4.78 is 5.10. The molecule has 3 heterocycles. The van der Waals surface area contributed by atoms with Gasteiger partial charge in [0, 0.05) is 32.4 Å². The Balaban J connectivity index is 1.62. The van der Waals surface area contributed by atoms with Crippen LogP contribution in [-0.2, 0) is 0 Å². The Labute approximate surface area is 126 Å². The number of aromatic hydroxyl groups is 1. The molecule has 1 aliphatic heterocycles. The SMILES string of the molecule is O=C(c1cncc(O)c1)N1CCN(C(=O)c2ccco2)CC1. The van der Waals surface area contributed by atoms with E-state index in [1.54, 1.807) is 21.9 Å². The number of hydrogen-bond donors (Lipinski definition) is 1. The maximum atomic E-state index is 12.3. The van der Waals surface area contributed by atoms with Gasteiger partial charge in [-0.3, -0.25) is 14.6 Å². The molecule has 0 bridgehead atoms. The number of amides is 2. The first-order valence-electron chi connectivity index (χ1n) is 6.91. The van der Waals surface area contributed by atoms with Crippen molar-refractivity contribution in [2.24, 2.45) is 0 Å². The summed E-state index contributed by atoms with van der Waals surface area (Å²) in [6.45, 7) is 1.75. The van der Waals surface area contributed by atoms with Crippen LogP contribution in [0.2, 0.25) is 0 Å². The molecule has 1 fully saturated rings. The highest BCUT2D eigenvalue weighted by molar-refractivity contribution is 5.95. The van der Waals surface area contributed by atoms with Gasteiger partial charge in [-0.05, 0) is 18.2 Å². The molecule has 0 unspecified atom stereocenters. The van der Waals surface area contributed by atoms with E-state index in [4.69, 9.17) is 4.42 Å². The smallest absolute Gasteiger partial charge is 0.289 e. The summed E-state index contributed by atoms with van der Waals surface area (Å²) >= 11 is 0. The molecule has 2 aromatic rings. The normalized spacial score (nSPS) is 14.9. The first-order valence-corrected chi connectivity index (χ1v) is 6.91. The molecule has 22 heavy (non-hydrogen) atoms. The Hall–Kier alpha value is -2.83. The summed E-state index contributed by atoms with van der Waals surface area (Å²) in [6.07, 6.45) is 4.15. The predicted molar refractivity (Wildman–Crippen MR) is 76.4 cm³/mol. The lowest BCUT2D eigenvalue weighted by Crippen LogP contribution is -2.50. The zero-order chi connectivity index (χ0) is 15.5. The lowest BCUT2D eigenvalue weighted by atomic mass is 10.2. The molecule has 0 aliphatic carbocycles. The summed E-state index contributed by atoms with van der Waals surface area (Å²) in [6, 6.07) is 4.68. The highest BCUT2D eigenvalue weighted by Gasteiger charge is 2.26. The van der Waals surface area contributed by atoms with Crippen LogP contribution in [-0.4, -0.2) is 57.9 Å². The fourth-order valence-corrected chi connectivity index (χ4v) is 2.40. The monoisotopic (exact) mass is 301 g/mol. The van der Waals surface area contributed by atoms with E-state index in [1.807, 2.05) is 0 Å². The van der Waals surface area contributed by atoms with Crippen molar-refractivity contribution in [2.75, 3.05) is 26.2 Å². The molecule has 2 aromatic heterocycles. The van der Waals surface area contributed by atoms with E-state index in [1.165, 1.54) is 24.7 Å². The minimum Gasteiger partial charge on any atom is -0.506 e. The number of nitrogens with zero attached hydrogens (tertiary/aromatic N) is 3. The number of pyridine rings is 1. The molecule has 114 valence electrons. The minimum absolute atomic E-state index is 0.0440. The van der Waals surface area contributed by atoms with Crippen molar-refractivity contribution < 1.29 is 19.1 Å². The van der Waals surface area contributed by atoms with Crippen molar-refractivity contribution in [3.05, 3.63) is 48.2 Å². The Morgan fingerprint density at radius 2 is 1.77 bits per heavy atom. The zero-order valence-electron chi connectivity index (χ0n) is 11.8. The molecule has 7 nitrogen and oxygen atoms in total. The molecule has 1 aliphatic rings. The second-order valence-corrected chi connectivity index (χ2v) is 4.99. The van der Waals surface area contributed by atoms with E-state index in [2.05, 4.69) is 4.98 Å². The lowest BCUT2D eigenvalue weighted by Gasteiger charge is -2.34. The number of rotatable bonds is 2. The van der Waals surface area contributed by atoms with Crippen LogP contribution < -0.4 is 0 Å². The maximum absolute atomic E-state index is 12.3. The van der Waals surface area contributed by atoms with E-state index in [0.717, 1.165) is 0 Å². The van der Waals surface area contributed by atoms with Gasteiger partial charge in [-0.25, -0.2) is 0 Å². The van der Waals surface area contributed by atoms with E-state index in [9.17, 15) is 14.7 Å². The van der Waals surface area contributed by atoms with Gasteiger partial charge in [0.2, 0.25) is 0 Å². The van der Waals surface area contributed by atoms with Gasteiger partial charge in [0.1, 0.15) is 5.75 Å². The van der Waals surface area contributed by atoms with E-state index in [0.29, 0.717) is 37.5 Å². The van der Waals surface area contributed by atoms with Crippen molar-refractivity contribution in [1.29, 1.82) is 0 Å². The van der Waals surface area contributed by atoms with Crippen molar-refractivity contribution in [2.45, 2.75) is 0 Å². The number of carbonyl (C=O) groups excluding carboxylic acids is 2. The third-order valence-electron chi connectivity index (χ3n) is 3.56. The van der Waals surface area contributed by atoms with Crippen LogP contribution in [0.4, 0.5) is 0 Å². The van der Waals surface area contributed by atoms with Crippen LogP contribution in [0.25, 0.3) is 0 Å². The summed E-state index contributed by atoms with van der Waals surface area (Å²) in [4.78, 5) is 31.5. The largest absolute Gasteiger partial charge is 0.506 e. The highest BCUT2D eigenvalue weighted by atomic mass is 16.3. The van der Waals surface area contributed by atoms with Crippen molar-refractivity contribution in [3.8, 4) is 5.75 Å². The van der Waals surface area contributed by atoms with Crippen molar-refractivity contribution in [3.63, 3.8) is 0 Å². The van der Waals surface area contributed by atoms with Gasteiger partial charge >= 0.3 is 0 Å². The Morgan fingerprint density at radius 1 is 1.09 bits per heavy atom. The average molecular weight is 301 g/mol. The Morgan fingerprint density at radius 3 is 2.36 bits per heavy atom. The van der Waals surface area contributed by atoms with Gasteiger partial charge in [0.15, 0.2) is 5.76 Å². The molecule has 0 aromatic carbocycles. The van der Waals surface area contributed by atoms with Crippen LogP contribution in [0.1, 0.15) is 20.9 Å². The summed E-state index contributed by atoms with van der Waals surface area (Å²) in [5.74, 6) is -0.112. The van der Waals surface area contributed by atoms with E-state index >= 15 is 0 Å². The molecule has 0 atom stereocenters. The molecule has 0 saturated carbocycles. The molecule has 2 amide bonds. The van der Waals surface area contributed by atoms with Crippen molar-refractivity contribution in [1.82, 2.24) is 14.8 Å². The number of carbonyl (C=O) groups is 2. The summed E-state index contributed by atoms with van der Waals surface area (Å²) in [5, 5.41) is 9.38. The molecule has 3 rings (SSSR count). The second kappa shape index (κ2) is 5.88. The van der Waals surface area contributed by atoms with Crippen molar-refractivity contribution >= 4 is 11.8 Å². The van der Waals surface area contributed by atoms with Gasteiger partial charge < -0.3 is 19.3 Å². The standard InChI is InChI=1S/C15H15N3O4/c19-12-8-11(9-16-10-12)14(20)17-3-5-18(6-4-17)15(21)13-2-1-7-22-13/h1-2,7-10,19H,3-6H2. The van der Waals surface area contributed by atoms with Crippen LogP contribution in [0.3, 0.4) is 0 Å². The maximum Gasteiger partial charge on any atom is 0.289 e. The van der Waals surface area contributed by atoms with E-state index < -0.39 is 0 Å². The fraction of sp³-hybridized carbons (Fsp3) is 0.267. The van der Waals surface area contributed by atoms with Crippen LogP contribution in [0, 0.1) is 0 Å². The third-order valence-corrected chi connectivity index (χ3v) is 3.56. The Kier molecular flexibility index (Phi) is 3.78. The predicted octanol–water partition coefficient (Wildman–Crippen LogP) is 0.978. The molecule has 1 saturated heterocycles. The fourth-order valence-electron chi connectivity index (χ4n) is 2.40. The number of furan rings is 1. The van der Waals surface area contributed by atoms with Gasteiger partial charge in [0.05, 0.1) is 18.0 Å². The van der Waals surface area contributed by atoms with Crippen LogP contribution >= 0.6 is 0 Å². The van der Waals surface area contributed by atoms with Crippen LogP contribution in [0.5, 0.6) is 5.75 Å². The quantitative estimate of drug-likeness (QED) is 0.893. The number of piperazine rings is 1. The molecule has 0 spiro atoms. The number of aromatic nitrogens is 1. The topological polar surface area (TPSA) is 86.9 Å². The Bertz CT molecular complexity index is 676. The first kappa shape index (κ1) is 14.1. The number of hydrogen-bond acceptors (Lipinski definition) is 5. The second-order valence-electron chi connectivity index (χ2n) is 4.99. The first-order chi connectivity index (χ1) is 10.6. The van der Waals surface area contributed by atoms with E-state index in [-0.39, 0.29) is 17.6 Å². The molecule has 0 radical (unpaired) electrons. The molecular weight excluding hydrogens is 286 g/mol. The zero-order valence-corrected chi connectivity index (χ0v) is 11.8. The van der Waals surface area contributed by atoms with Gasteiger partial charge in [-0.1, -0.05) is 0 Å². The highest BCUT2D eigenvalue weighted by Crippen LogP contribution is 2.14. The molecular formula is C15H15N3O4. The average Bonchev–Trinajstić information content (AvgIpc) is 3.08. The third kappa shape index (κ3) is 2.78. The van der Waals surface area contributed by atoms with Gasteiger partial charge in [0.25, 0.3) is 11.8 Å². The summed E-state index contributed by atoms with van der Waals surface area (Å²) in [5.41, 5.74) is 0.339. The lowest BCUT2D eigenvalue weighted by molar-refractivity contribution is 0.0518. The molecule has 7 heteroatoms.